The maximum atomic E-state index is 5.79. The zero-order valence-electron chi connectivity index (χ0n) is 11.8. The van der Waals surface area contributed by atoms with Crippen LogP contribution in [-0.2, 0) is 6.54 Å². The van der Waals surface area contributed by atoms with Gasteiger partial charge in [0.25, 0.3) is 0 Å². The Morgan fingerprint density at radius 2 is 2.15 bits per heavy atom. The summed E-state index contributed by atoms with van der Waals surface area (Å²) in [7, 11) is 0. The van der Waals surface area contributed by atoms with Gasteiger partial charge in [-0.05, 0) is 18.6 Å². The summed E-state index contributed by atoms with van der Waals surface area (Å²) in [6, 6.07) is 10.00. The van der Waals surface area contributed by atoms with Crippen molar-refractivity contribution >= 4 is 5.96 Å². The molecule has 2 rings (SSSR count). The minimum atomic E-state index is 0.492. The van der Waals surface area contributed by atoms with Gasteiger partial charge in [0.15, 0.2) is 5.96 Å². The third-order valence-electron chi connectivity index (χ3n) is 2.93. The molecule has 20 heavy (non-hydrogen) atoms. The van der Waals surface area contributed by atoms with Gasteiger partial charge in [-0.1, -0.05) is 31.5 Å². The number of hydrogen-bond donors (Lipinski definition) is 2. The van der Waals surface area contributed by atoms with Crippen molar-refractivity contribution in [1.82, 2.24) is 15.1 Å². The molecule has 0 bridgehead atoms. The maximum Gasteiger partial charge on any atom is 0.188 e. The van der Waals surface area contributed by atoms with Crippen molar-refractivity contribution in [3.05, 3.63) is 48.3 Å². The minimum absolute atomic E-state index is 0.492. The third-order valence-corrected chi connectivity index (χ3v) is 2.93. The van der Waals surface area contributed by atoms with Crippen molar-refractivity contribution in [2.45, 2.75) is 26.3 Å². The van der Waals surface area contributed by atoms with Gasteiger partial charge in [-0.2, -0.15) is 5.10 Å². The van der Waals surface area contributed by atoms with E-state index in [9.17, 15) is 0 Å². The summed E-state index contributed by atoms with van der Waals surface area (Å²) in [5.74, 6) is 0.492. The fraction of sp³-hybridized carbons (Fsp3) is 0.333. The highest BCUT2D eigenvalue weighted by molar-refractivity contribution is 5.77. The van der Waals surface area contributed by atoms with Crippen LogP contribution in [-0.4, -0.2) is 22.3 Å². The number of nitrogens with zero attached hydrogens (tertiary/aromatic N) is 3. The molecular weight excluding hydrogens is 250 g/mol. The molecule has 0 aliphatic rings. The maximum absolute atomic E-state index is 5.79. The van der Waals surface area contributed by atoms with E-state index in [1.54, 1.807) is 0 Å². The van der Waals surface area contributed by atoms with Gasteiger partial charge in [-0.15, -0.1) is 0 Å². The standard InChI is InChI=1S/C15H21N5/c1-2-3-9-17-15(16)18-10-13-11-19-20(12-13)14-7-5-4-6-8-14/h4-8,11-12H,2-3,9-10H2,1H3,(H3,16,17,18). The zero-order chi connectivity index (χ0) is 14.2. The molecular formula is C15H21N5. The Hall–Kier alpha value is -2.30. The zero-order valence-corrected chi connectivity index (χ0v) is 11.8. The molecule has 0 amide bonds. The van der Waals surface area contributed by atoms with Crippen LogP contribution in [0.3, 0.4) is 0 Å². The van der Waals surface area contributed by atoms with E-state index in [0.717, 1.165) is 30.6 Å². The van der Waals surface area contributed by atoms with E-state index in [0.29, 0.717) is 12.5 Å². The number of benzene rings is 1. The van der Waals surface area contributed by atoms with Crippen molar-refractivity contribution in [2.75, 3.05) is 6.54 Å². The van der Waals surface area contributed by atoms with Crippen LogP contribution in [0.5, 0.6) is 0 Å². The van der Waals surface area contributed by atoms with Crippen LogP contribution in [0.2, 0.25) is 0 Å². The molecule has 0 spiro atoms. The number of aromatic nitrogens is 2. The molecule has 106 valence electrons. The Kier molecular flexibility index (Phi) is 5.17. The molecule has 3 N–H and O–H groups in total. The van der Waals surface area contributed by atoms with Gasteiger partial charge < -0.3 is 11.1 Å². The third kappa shape index (κ3) is 4.12. The van der Waals surface area contributed by atoms with Crippen molar-refractivity contribution in [2.24, 2.45) is 10.7 Å². The van der Waals surface area contributed by atoms with Gasteiger partial charge in [0.05, 0.1) is 18.4 Å². The van der Waals surface area contributed by atoms with E-state index in [1.807, 2.05) is 47.4 Å². The van der Waals surface area contributed by atoms with Crippen LogP contribution in [0.15, 0.2) is 47.7 Å². The van der Waals surface area contributed by atoms with Crippen LogP contribution in [0, 0.1) is 0 Å². The van der Waals surface area contributed by atoms with Gasteiger partial charge in [-0.3, -0.25) is 0 Å². The summed E-state index contributed by atoms with van der Waals surface area (Å²) in [4.78, 5) is 4.30. The van der Waals surface area contributed by atoms with Gasteiger partial charge in [-0.25, -0.2) is 9.67 Å². The molecule has 0 saturated heterocycles. The molecule has 0 fully saturated rings. The summed E-state index contributed by atoms with van der Waals surface area (Å²) >= 11 is 0. The molecule has 0 aliphatic heterocycles. The molecule has 1 aromatic heterocycles. The molecule has 5 heteroatoms. The molecule has 1 aromatic carbocycles. The van der Waals surface area contributed by atoms with Gasteiger partial charge in [0, 0.05) is 18.3 Å². The summed E-state index contributed by atoms with van der Waals surface area (Å²) in [5.41, 5.74) is 7.87. The van der Waals surface area contributed by atoms with E-state index in [1.165, 1.54) is 0 Å². The predicted molar refractivity (Wildman–Crippen MR) is 81.8 cm³/mol. The normalized spacial score (nSPS) is 11.6. The Bertz CT molecular complexity index is 544. The second-order valence-electron chi connectivity index (χ2n) is 4.61. The molecule has 0 saturated carbocycles. The summed E-state index contributed by atoms with van der Waals surface area (Å²) in [5, 5.41) is 7.42. The van der Waals surface area contributed by atoms with Gasteiger partial charge in [0.1, 0.15) is 0 Å². The first-order chi connectivity index (χ1) is 9.79. The fourth-order valence-electron chi connectivity index (χ4n) is 1.79. The second kappa shape index (κ2) is 7.33. The SMILES string of the molecule is CCCCNC(N)=NCc1cnn(-c2ccccc2)c1. The van der Waals surface area contributed by atoms with E-state index in [-0.39, 0.29) is 0 Å². The van der Waals surface area contributed by atoms with Crippen molar-refractivity contribution in [3.8, 4) is 5.69 Å². The van der Waals surface area contributed by atoms with E-state index < -0.39 is 0 Å². The van der Waals surface area contributed by atoms with Gasteiger partial charge in [0.2, 0.25) is 0 Å². The van der Waals surface area contributed by atoms with Crippen LogP contribution >= 0.6 is 0 Å². The number of para-hydroxylation sites is 1. The molecule has 0 radical (unpaired) electrons. The van der Waals surface area contributed by atoms with Crippen LogP contribution < -0.4 is 11.1 Å². The number of nitrogens with two attached hydrogens (primary N) is 1. The lowest BCUT2D eigenvalue weighted by Gasteiger charge is -2.03. The first-order valence-corrected chi connectivity index (χ1v) is 6.92. The fourth-order valence-corrected chi connectivity index (χ4v) is 1.79. The Balaban J connectivity index is 1.91. The molecule has 0 atom stereocenters. The predicted octanol–water partition coefficient (Wildman–Crippen LogP) is 2.08. The van der Waals surface area contributed by atoms with E-state index >= 15 is 0 Å². The van der Waals surface area contributed by atoms with E-state index in [4.69, 9.17) is 5.73 Å². The van der Waals surface area contributed by atoms with Crippen molar-refractivity contribution in [1.29, 1.82) is 0 Å². The minimum Gasteiger partial charge on any atom is -0.370 e. The summed E-state index contributed by atoms with van der Waals surface area (Å²) in [6.45, 7) is 3.56. The number of nitrogens with one attached hydrogen (secondary N) is 1. The van der Waals surface area contributed by atoms with Crippen LogP contribution in [0.4, 0.5) is 0 Å². The summed E-state index contributed by atoms with van der Waals surface area (Å²) < 4.78 is 1.84. The molecule has 2 aromatic rings. The topological polar surface area (TPSA) is 68.2 Å². The number of unbranched alkanes of at least 4 members (excludes halogenated alkanes) is 1. The van der Waals surface area contributed by atoms with Crippen molar-refractivity contribution in [3.63, 3.8) is 0 Å². The van der Waals surface area contributed by atoms with E-state index in [2.05, 4.69) is 22.3 Å². The smallest absolute Gasteiger partial charge is 0.188 e. The van der Waals surface area contributed by atoms with Crippen molar-refractivity contribution < 1.29 is 0 Å². The average molecular weight is 271 g/mol. The Morgan fingerprint density at radius 3 is 2.90 bits per heavy atom. The summed E-state index contributed by atoms with van der Waals surface area (Å²) in [6.07, 6.45) is 6.03. The lowest BCUT2D eigenvalue weighted by atomic mass is 10.3. The lowest BCUT2D eigenvalue weighted by molar-refractivity contribution is 0.748. The Labute approximate surface area is 119 Å². The lowest BCUT2D eigenvalue weighted by Crippen LogP contribution is -2.32. The highest BCUT2D eigenvalue weighted by Crippen LogP contribution is 2.08. The number of rotatable bonds is 6. The highest BCUT2D eigenvalue weighted by atomic mass is 15.3. The first-order valence-electron chi connectivity index (χ1n) is 6.92. The first kappa shape index (κ1) is 14.1. The highest BCUT2D eigenvalue weighted by Gasteiger charge is 2.00. The Morgan fingerprint density at radius 1 is 1.35 bits per heavy atom. The molecule has 1 heterocycles. The number of hydrogen-bond acceptors (Lipinski definition) is 2. The average Bonchev–Trinajstić information content (AvgIpc) is 2.95. The van der Waals surface area contributed by atoms with Gasteiger partial charge >= 0.3 is 0 Å². The quantitative estimate of drug-likeness (QED) is 0.480. The number of aliphatic imine (C=N–C) groups is 1. The largest absolute Gasteiger partial charge is 0.370 e. The second-order valence-corrected chi connectivity index (χ2v) is 4.61. The molecule has 0 aliphatic carbocycles. The molecule has 5 nitrogen and oxygen atoms in total. The number of guanidine groups is 1. The molecule has 0 unspecified atom stereocenters. The van der Waals surface area contributed by atoms with Crippen LogP contribution in [0.1, 0.15) is 25.3 Å². The van der Waals surface area contributed by atoms with Crippen LogP contribution in [0.25, 0.3) is 5.69 Å². The monoisotopic (exact) mass is 271 g/mol.